The number of rotatable bonds is 3. The van der Waals surface area contributed by atoms with Crippen molar-refractivity contribution in [1.82, 2.24) is 0 Å². The second-order valence-corrected chi connectivity index (χ2v) is 3.22. The maximum absolute atomic E-state index is 12.9. The third kappa shape index (κ3) is 3.22. The fourth-order valence-electron chi connectivity index (χ4n) is 1.22. The molecule has 0 saturated heterocycles. The molecule has 0 bridgehead atoms. The summed E-state index contributed by atoms with van der Waals surface area (Å²) in [4.78, 5) is 10.3. The van der Waals surface area contributed by atoms with Gasteiger partial charge < -0.3 is 5.11 Å². The summed E-state index contributed by atoms with van der Waals surface area (Å²) in [6.07, 6.45) is -8.48. The minimum absolute atomic E-state index is 0.136. The number of benzene rings is 1. The Hall–Kier alpha value is -1.59. The van der Waals surface area contributed by atoms with Crippen LogP contribution >= 0.6 is 0 Å². The first-order chi connectivity index (χ1) is 7.30. The topological polar surface area (TPSA) is 37.3 Å². The van der Waals surface area contributed by atoms with Gasteiger partial charge in [-0.25, -0.2) is 4.39 Å². The van der Waals surface area contributed by atoms with Crippen molar-refractivity contribution in [2.45, 2.75) is 18.8 Å². The Morgan fingerprint density at radius 3 is 2.50 bits per heavy atom. The van der Waals surface area contributed by atoms with Crippen molar-refractivity contribution in [1.29, 1.82) is 0 Å². The number of hydrogen-bond acceptors (Lipinski definition) is 1. The van der Waals surface area contributed by atoms with Crippen LogP contribution in [0.2, 0.25) is 0 Å². The molecule has 0 saturated carbocycles. The van der Waals surface area contributed by atoms with E-state index >= 15 is 0 Å². The van der Waals surface area contributed by atoms with Gasteiger partial charge in [0.15, 0.2) is 0 Å². The van der Waals surface area contributed by atoms with Crippen molar-refractivity contribution in [3.63, 3.8) is 0 Å². The van der Waals surface area contributed by atoms with Crippen LogP contribution in [0.3, 0.4) is 0 Å². The summed E-state index contributed by atoms with van der Waals surface area (Å²) in [7, 11) is 0. The SMILES string of the molecule is O=C(O)Cc1cccc(C(F)C(F)(F)F)c1. The van der Waals surface area contributed by atoms with Gasteiger partial charge in [-0.3, -0.25) is 4.79 Å². The summed E-state index contributed by atoms with van der Waals surface area (Å²) in [6.45, 7) is 0. The molecule has 1 unspecified atom stereocenters. The van der Waals surface area contributed by atoms with Gasteiger partial charge in [0.25, 0.3) is 0 Å². The molecule has 88 valence electrons. The molecule has 2 nitrogen and oxygen atoms in total. The minimum atomic E-state index is -4.97. The molecule has 1 aromatic carbocycles. The van der Waals surface area contributed by atoms with Crippen molar-refractivity contribution >= 4 is 5.97 Å². The first-order valence-electron chi connectivity index (χ1n) is 4.32. The highest BCUT2D eigenvalue weighted by molar-refractivity contribution is 5.70. The van der Waals surface area contributed by atoms with E-state index in [-0.39, 0.29) is 5.56 Å². The van der Waals surface area contributed by atoms with E-state index < -0.39 is 30.3 Å². The number of aliphatic carboxylic acids is 1. The quantitative estimate of drug-likeness (QED) is 0.819. The zero-order chi connectivity index (χ0) is 12.3. The molecule has 0 heterocycles. The van der Waals surface area contributed by atoms with E-state index in [1.807, 2.05) is 0 Å². The average molecular weight is 236 g/mol. The number of alkyl halides is 4. The first kappa shape index (κ1) is 12.5. The van der Waals surface area contributed by atoms with Gasteiger partial charge in [-0.2, -0.15) is 13.2 Å². The number of carboxylic acids is 1. The second-order valence-electron chi connectivity index (χ2n) is 3.22. The molecule has 16 heavy (non-hydrogen) atoms. The van der Waals surface area contributed by atoms with E-state index in [1.54, 1.807) is 0 Å². The summed E-state index contributed by atoms with van der Waals surface area (Å²) in [6, 6.07) is 4.42. The number of carbonyl (C=O) groups is 1. The summed E-state index contributed by atoms with van der Waals surface area (Å²) in [5.41, 5.74) is -0.442. The van der Waals surface area contributed by atoms with Crippen LogP contribution < -0.4 is 0 Å². The monoisotopic (exact) mass is 236 g/mol. The van der Waals surface area contributed by atoms with Crippen LogP contribution in [0, 0.1) is 0 Å². The zero-order valence-electron chi connectivity index (χ0n) is 7.96. The Labute approximate surface area is 88.5 Å². The lowest BCUT2D eigenvalue weighted by Gasteiger charge is -2.13. The van der Waals surface area contributed by atoms with E-state index in [1.165, 1.54) is 12.1 Å². The number of halogens is 4. The van der Waals surface area contributed by atoms with Crippen LogP contribution in [0.4, 0.5) is 17.6 Å². The highest BCUT2D eigenvalue weighted by Crippen LogP contribution is 2.35. The van der Waals surface area contributed by atoms with Crippen LogP contribution in [-0.4, -0.2) is 17.3 Å². The van der Waals surface area contributed by atoms with Crippen LogP contribution in [-0.2, 0) is 11.2 Å². The summed E-state index contributed by atoms with van der Waals surface area (Å²) in [5.74, 6) is -1.18. The van der Waals surface area contributed by atoms with Crippen LogP contribution in [0.15, 0.2) is 24.3 Å². The summed E-state index contributed by atoms with van der Waals surface area (Å²) < 4.78 is 49.0. The van der Waals surface area contributed by atoms with Crippen LogP contribution in [0.5, 0.6) is 0 Å². The van der Waals surface area contributed by atoms with Gasteiger partial charge in [0, 0.05) is 0 Å². The molecule has 1 N–H and O–H groups in total. The predicted octanol–water partition coefficient (Wildman–Crippen LogP) is 2.89. The van der Waals surface area contributed by atoms with E-state index in [2.05, 4.69) is 0 Å². The summed E-state index contributed by atoms with van der Waals surface area (Å²) >= 11 is 0. The Morgan fingerprint density at radius 2 is 2.00 bits per heavy atom. The molecule has 0 radical (unpaired) electrons. The Bertz CT molecular complexity index is 387. The van der Waals surface area contributed by atoms with Crippen molar-refractivity contribution in [3.05, 3.63) is 35.4 Å². The first-order valence-corrected chi connectivity index (χ1v) is 4.32. The van der Waals surface area contributed by atoms with Crippen molar-refractivity contribution in [3.8, 4) is 0 Å². The molecule has 0 fully saturated rings. The molecule has 1 aromatic rings. The Morgan fingerprint density at radius 1 is 1.38 bits per heavy atom. The van der Waals surface area contributed by atoms with Crippen LogP contribution in [0.25, 0.3) is 0 Å². The molecule has 0 aromatic heterocycles. The smallest absolute Gasteiger partial charge is 0.423 e. The van der Waals surface area contributed by atoms with Crippen molar-refractivity contribution in [2.75, 3.05) is 0 Å². The summed E-state index contributed by atoms with van der Waals surface area (Å²) in [5, 5.41) is 8.44. The Kier molecular flexibility index (Phi) is 3.51. The van der Waals surface area contributed by atoms with Crippen molar-refractivity contribution in [2.24, 2.45) is 0 Å². The fraction of sp³-hybridized carbons (Fsp3) is 0.300. The molecule has 0 amide bonds. The van der Waals surface area contributed by atoms with E-state index in [0.29, 0.717) is 0 Å². The molecule has 1 rings (SSSR count). The largest absolute Gasteiger partial charge is 0.481 e. The minimum Gasteiger partial charge on any atom is -0.481 e. The lowest BCUT2D eigenvalue weighted by molar-refractivity contribution is -0.182. The van der Waals surface area contributed by atoms with Gasteiger partial charge in [-0.15, -0.1) is 0 Å². The molecule has 0 aliphatic heterocycles. The molecule has 0 spiro atoms. The second kappa shape index (κ2) is 4.51. The van der Waals surface area contributed by atoms with Crippen LogP contribution in [0.1, 0.15) is 17.3 Å². The van der Waals surface area contributed by atoms with Gasteiger partial charge in [0.05, 0.1) is 6.42 Å². The Balaban J connectivity index is 2.94. The molecule has 0 aliphatic carbocycles. The molecule has 1 atom stereocenters. The standard InChI is InChI=1S/C10H8F4O2/c11-9(10(12,13)14)7-3-1-2-6(4-7)5-8(15)16/h1-4,9H,5H2,(H,15,16). The van der Waals surface area contributed by atoms with Gasteiger partial charge >= 0.3 is 12.1 Å². The third-order valence-electron chi connectivity index (χ3n) is 1.89. The number of carboxylic acid groups (broad SMARTS) is 1. The number of hydrogen-bond donors (Lipinski definition) is 1. The molecule has 6 heteroatoms. The van der Waals surface area contributed by atoms with Gasteiger partial charge in [0.2, 0.25) is 6.17 Å². The molecular formula is C10H8F4O2. The molecule has 0 aliphatic rings. The predicted molar refractivity (Wildman–Crippen MR) is 47.7 cm³/mol. The maximum Gasteiger partial charge on any atom is 0.423 e. The lowest BCUT2D eigenvalue weighted by atomic mass is 10.0. The lowest BCUT2D eigenvalue weighted by Crippen LogP contribution is -2.16. The highest BCUT2D eigenvalue weighted by atomic mass is 19.4. The zero-order valence-corrected chi connectivity index (χ0v) is 7.96. The van der Waals surface area contributed by atoms with E-state index in [9.17, 15) is 22.4 Å². The molecular weight excluding hydrogens is 228 g/mol. The van der Waals surface area contributed by atoms with Gasteiger partial charge in [-0.05, 0) is 11.1 Å². The van der Waals surface area contributed by atoms with E-state index in [4.69, 9.17) is 5.11 Å². The fourth-order valence-corrected chi connectivity index (χ4v) is 1.22. The third-order valence-corrected chi connectivity index (χ3v) is 1.89. The van der Waals surface area contributed by atoms with Gasteiger partial charge in [-0.1, -0.05) is 24.3 Å². The van der Waals surface area contributed by atoms with Crippen molar-refractivity contribution < 1.29 is 27.5 Å². The van der Waals surface area contributed by atoms with Gasteiger partial charge in [0.1, 0.15) is 0 Å². The maximum atomic E-state index is 12.9. The average Bonchev–Trinajstić information content (AvgIpc) is 2.14. The normalized spacial score (nSPS) is 13.5. The van der Waals surface area contributed by atoms with E-state index in [0.717, 1.165) is 12.1 Å². The highest BCUT2D eigenvalue weighted by Gasteiger charge is 2.41.